The zero-order valence-corrected chi connectivity index (χ0v) is 9.05. The minimum atomic E-state index is -0.328. The van der Waals surface area contributed by atoms with Gasteiger partial charge in [-0.15, -0.1) is 0 Å². The van der Waals surface area contributed by atoms with E-state index < -0.39 is 0 Å². The van der Waals surface area contributed by atoms with Gasteiger partial charge in [-0.05, 0) is 24.3 Å². The van der Waals surface area contributed by atoms with Crippen molar-refractivity contribution in [3.05, 3.63) is 53.9 Å². The van der Waals surface area contributed by atoms with E-state index in [0.29, 0.717) is 11.3 Å². The number of hydrogen-bond acceptors (Lipinski definition) is 3. The van der Waals surface area contributed by atoms with Gasteiger partial charge in [0, 0.05) is 11.9 Å². The number of nitrogens with two attached hydrogens (primary N) is 1. The standard InChI is InChI=1S/C12H12N4O/c13-11-6-2-1-5-10(11)12(17)16-15-8-9-4-3-7-14-9/h1-8,14H,13H2,(H,16,17)/b15-8-. The molecule has 2 rings (SSSR count). The lowest BCUT2D eigenvalue weighted by Crippen LogP contribution is -2.19. The Bertz CT molecular complexity index is 531. The summed E-state index contributed by atoms with van der Waals surface area (Å²) in [7, 11) is 0. The number of H-pyrrole nitrogens is 1. The third-order valence-corrected chi connectivity index (χ3v) is 2.20. The largest absolute Gasteiger partial charge is 0.398 e. The van der Waals surface area contributed by atoms with Crippen LogP contribution in [-0.4, -0.2) is 17.1 Å². The zero-order valence-electron chi connectivity index (χ0n) is 9.05. The van der Waals surface area contributed by atoms with Crippen LogP contribution in [0.15, 0.2) is 47.7 Å². The second-order valence-electron chi connectivity index (χ2n) is 3.41. The third kappa shape index (κ3) is 2.72. The molecular formula is C12H12N4O. The van der Waals surface area contributed by atoms with Gasteiger partial charge in [-0.25, -0.2) is 5.43 Å². The van der Waals surface area contributed by atoms with E-state index in [0.717, 1.165) is 5.69 Å². The molecule has 17 heavy (non-hydrogen) atoms. The van der Waals surface area contributed by atoms with Gasteiger partial charge in [0.05, 0.1) is 17.5 Å². The summed E-state index contributed by atoms with van der Waals surface area (Å²) < 4.78 is 0. The fourth-order valence-corrected chi connectivity index (χ4v) is 1.35. The minimum absolute atomic E-state index is 0.328. The van der Waals surface area contributed by atoms with E-state index in [9.17, 15) is 4.79 Å². The molecule has 0 aliphatic carbocycles. The summed E-state index contributed by atoms with van der Waals surface area (Å²) in [5.74, 6) is -0.328. The van der Waals surface area contributed by atoms with Gasteiger partial charge in [-0.1, -0.05) is 12.1 Å². The first-order chi connectivity index (χ1) is 8.27. The highest BCUT2D eigenvalue weighted by atomic mass is 16.2. The number of anilines is 1. The van der Waals surface area contributed by atoms with Crippen molar-refractivity contribution in [3.8, 4) is 0 Å². The van der Waals surface area contributed by atoms with Crippen LogP contribution in [0, 0.1) is 0 Å². The van der Waals surface area contributed by atoms with Crippen LogP contribution in [0.5, 0.6) is 0 Å². The quantitative estimate of drug-likeness (QED) is 0.421. The van der Waals surface area contributed by atoms with Crippen LogP contribution in [0.1, 0.15) is 16.1 Å². The molecule has 0 unspecified atom stereocenters. The Balaban J connectivity index is 2.01. The summed E-state index contributed by atoms with van der Waals surface area (Å²) in [4.78, 5) is 14.6. The Morgan fingerprint density at radius 1 is 1.29 bits per heavy atom. The van der Waals surface area contributed by atoms with Gasteiger partial charge >= 0.3 is 0 Å². The van der Waals surface area contributed by atoms with Crippen molar-refractivity contribution in [1.29, 1.82) is 0 Å². The minimum Gasteiger partial charge on any atom is -0.398 e. The van der Waals surface area contributed by atoms with Gasteiger partial charge in [0.25, 0.3) is 5.91 Å². The smallest absolute Gasteiger partial charge is 0.273 e. The summed E-state index contributed by atoms with van der Waals surface area (Å²) >= 11 is 0. The second-order valence-corrected chi connectivity index (χ2v) is 3.41. The molecule has 0 fully saturated rings. The Morgan fingerprint density at radius 3 is 2.82 bits per heavy atom. The van der Waals surface area contributed by atoms with Gasteiger partial charge in [-0.2, -0.15) is 5.10 Å². The van der Waals surface area contributed by atoms with E-state index in [4.69, 9.17) is 5.73 Å². The van der Waals surface area contributed by atoms with Crippen LogP contribution in [0.2, 0.25) is 0 Å². The van der Waals surface area contributed by atoms with E-state index >= 15 is 0 Å². The van der Waals surface area contributed by atoms with Crippen LogP contribution < -0.4 is 11.2 Å². The molecule has 1 heterocycles. The summed E-state index contributed by atoms with van der Waals surface area (Å²) in [6, 6.07) is 10.5. The molecule has 4 N–H and O–H groups in total. The predicted octanol–water partition coefficient (Wildman–Crippen LogP) is 1.36. The fraction of sp³-hybridized carbons (Fsp3) is 0. The normalized spacial score (nSPS) is 10.6. The van der Waals surface area contributed by atoms with Gasteiger partial charge in [-0.3, -0.25) is 4.79 Å². The first-order valence-corrected chi connectivity index (χ1v) is 5.08. The highest BCUT2D eigenvalue weighted by Crippen LogP contribution is 2.09. The highest BCUT2D eigenvalue weighted by Gasteiger charge is 2.06. The lowest BCUT2D eigenvalue weighted by molar-refractivity contribution is 0.0956. The topological polar surface area (TPSA) is 83.3 Å². The number of nitrogens with one attached hydrogen (secondary N) is 2. The number of hydrogen-bond donors (Lipinski definition) is 3. The zero-order chi connectivity index (χ0) is 12.1. The molecule has 0 atom stereocenters. The van der Waals surface area contributed by atoms with Gasteiger partial charge in [0.2, 0.25) is 0 Å². The number of hydrazone groups is 1. The maximum Gasteiger partial charge on any atom is 0.273 e. The lowest BCUT2D eigenvalue weighted by Gasteiger charge is -2.02. The summed E-state index contributed by atoms with van der Waals surface area (Å²) in [5, 5.41) is 3.82. The molecule has 5 nitrogen and oxygen atoms in total. The summed E-state index contributed by atoms with van der Waals surface area (Å²) in [5.41, 5.74) is 9.73. The van der Waals surface area contributed by atoms with Crippen molar-refractivity contribution in [2.75, 3.05) is 5.73 Å². The van der Waals surface area contributed by atoms with Crippen LogP contribution >= 0.6 is 0 Å². The van der Waals surface area contributed by atoms with Crippen LogP contribution in [0.3, 0.4) is 0 Å². The summed E-state index contributed by atoms with van der Waals surface area (Å²) in [6.07, 6.45) is 3.30. The molecular weight excluding hydrogens is 216 g/mol. The molecule has 0 saturated heterocycles. The molecule has 0 saturated carbocycles. The van der Waals surface area contributed by atoms with Crippen LogP contribution in [0.4, 0.5) is 5.69 Å². The predicted molar refractivity (Wildman–Crippen MR) is 66.7 cm³/mol. The number of nitrogens with zero attached hydrogens (tertiary/aromatic N) is 1. The van der Waals surface area contributed by atoms with Gasteiger partial charge in [0.1, 0.15) is 0 Å². The number of rotatable bonds is 3. The third-order valence-electron chi connectivity index (χ3n) is 2.20. The van der Waals surface area contributed by atoms with Crippen molar-refractivity contribution in [2.45, 2.75) is 0 Å². The molecule has 0 aliphatic heterocycles. The maximum absolute atomic E-state index is 11.7. The van der Waals surface area contributed by atoms with E-state index in [1.54, 1.807) is 30.5 Å². The number of benzene rings is 1. The van der Waals surface area contributed by atoms with Crippen molar-refractivity contribution in [3.63, 3.8) is 0 Å². The lowest BCUT2D eigenvalue weighted by atomic mass is 10.2. The SMILES string of the molecule is Nc1ccccc1C(=O)N/N=C\c1ccc[nH]1. The number of carbonyl (C=O) groups is 1. The monoisotopic (exact) mass is 228 g/mol. The molecule has 0 radical (unpaired) electrons. The number of nitrogen functional groups attached to an aromatic ring is 1. The Morgan fingerprint density at radius 2 is 2.12 bits per heavy atom. The number of amides is 1. The van der Waals surface area contributed by atoms with Gasteiger partial charge < -0.3 is 10.7 Å². The molecule has 2 aromatic rings. The summed E-state index contributed by atoms with van der Waals surface area (Å²) in [6.45, 7) is 0. The number of aromatic nitrogens is 1. The van der Waals surface area contributed by atoms with E-state index in [2.05, 4.69) is 15.5 Å². The average Bonchev–Trinajstić information content (AvgIpc) is 2.82. The maximum atomic E-state index is 11.7. The molecule has 5 heteroatoms. The van der Waals surface area contributed by atoms with Crippen molar-refractivity contribution >= 4 is 17.8 Å². The highest BCUT2D eigenvalue weighted by molar-refractivity contribution is 5.99. The first kappa shape index (κ1) is 10.9. The fourth-order valence-electron chi connectivity index (χ4n) is 1.35. The average molecular weight is 228 g/mol. The Hall–Kier alpha value is -2.56. The van der Waals surface area contributed by atoms with E-state index in [-0.39, 0.29) is 5.91 Å². The van der Waals surface area contributed by atoms with E-state index in [1.165, 1.54) is 6.21 Å². The molecule has 0 aliphatic rings. The van der Waals surface area contributed by atoms with Crippen molar-refractivity contribution in [2.24, 2.45) is 5.10 Å². The van der Waals surface area contributed by atoms with Crippen molar-refractivity contribution in [1.82, 2.24) is 10.4 Å². The number of aromatic amines is 1. The first-order valence-electron chi connectivity index (χ1n) is 5.08. The molecule has 1 aromatic carbocycles. The molecule has 86 valence electrons. The van der Waals surface area contributed by atoms with Crippen LogP contribution in [0.25, 0.3) is 0 Å². The number of carbonyl (C=O) groups excluding carboxylic acids is 1. The second kappa shape index (κ2) is 4.98. The Kier molecular flexibility index (Phi) is 3.20. The molecule has 0 bridgehead atoms. The van der Waals surface area contributed by atoms with Crippen molar-refractivity contribution < 1.29 is 4.79 Å². The molecule has 0 spiro atoms. The molecule has 1 aromatic heterocycles. The number of para-hydroxylation sites is 1. The Labute approximate surface area is 98.3 Å². The van der Waals surface area contributed by atoms with E-state index in [1.807, 2.05) is 12.1 Å². The molecule has 1 amide bonds. The van der Waals surface area contributed by atoms with Gasteiger partial charge in [0.15, 0.2) is 0 Å². The van der Waals surface area contributed by atoms with Crippen LogP contribution in [-0.2, 0) is 0 Å².